The van der Waals surface area contributed by atoms with Gasteiger partial charge in [0, 0.05) is 10.2 Å². The maximum Gasteiger partial charge on any atom is 0.100 e. The van der Waals surface area contributed by atoms with Gasteiger partial charge in [-0.1, -0.05) is 57.9 Å². The summed E-state index contributed by atoms with van der Waals surface area (Å²) in [6.07, 6.45) is 1.89. The molecule has 0 aliphatic rings. The molecule has 23 heavy (non-hydrogen) atoms. The van der Waals surface area contributed by atoms with Crippen LogP contribution in [-0.4, -0.2) is 9.55 Å². The van der Waals surface area contributed by atoms with Crippen LogP contribution in [0.5, 0.6) is 0 Å². The number of benzene rings is 3. The van der Waals surface area contributed by atoms with Crippen LogP contribution in [0.25, 0.3) is 27.8 Å². The number of hydrogen-bond donors (Lipinski definition) is 0. The first-order valence-corrected chi connectivity index (χ1v) is 8.31. The molecule has 0 atom stereocenters. The van der Waals surface area contributed by atoms with Gasteiger partial charge in [-0.05, 0) is 48.4 Å². The van der Waals surface area contributed by atoms with E-state index < -0.39 is 0 Å². The topological polar surface area (TPSA) is 17.8 Å². The van der Waals surface area contributed by atoms with E-state index in [1.807, 2.05) is 12.4 Å². The summed E-state index contributed by atoms with van der Waals surface area (Å²) in [5.74, 6) is 0. The lowest BCUT2D eigenvalue weighted by Gasteiger charge is -2.08. The zero-order valence-corrected chi connectivity index (χ0v) is 14.3. The summed E-state index contributed by atoms with van der Waals surface area (Å²) in [6.45, 7) is 2.10. The molecule has 0 amide bonds. The molecule has 4 rings (SSSR count). The molecule has 0 saturated carbocycles. The number of nitrogens with zero attached hydrogens (tertiary/aromatic N) is 2. The van der Waals surface area contributed by atoms with Gasteiger partial charge in [-0.15, -0.1) is 0 Å². The van der Waals surface area contributed by atoms with Crippen LogP contribution < -0.4 is 0 Å². The third-order valence-corrected chi connectivity index (χ3v) is 4.74. The van der Waals surface area contributed by atoms with Crippen molar-refractivity contribution >= 4 is 27.0 Å². The summed E-state index contributed by atoms with van der Waals surface area (Å²) in [4.78, 5) is 4.53. The van der Waals surface area contributed by atoms with Gasteiger partial charge in [0.25, 0.3) is 0 Å². The number of aromatic nitrogens is 2. The van der Waals surface area contributed by atoms with Crippen LogP contribution >= 0.6 is 15.9 Å². The molecule has 2 nitrogen and oxygen atoms in total. The van der Waals surface area contributed by atoms with Gasteiger partial charge in [-0.3, -0.25) is 4.57 Å². The number of aryl methyl sites for hydroxylation is 1. The summed E-state index contributed by atoms with van der Waals surface area (Å²) in [6, 6.07) is 23.2. The van der Waals surface area contributed by atoms with Crippen LogP contribution in [0.4, 0.5) is 0 Å². The maximum absolute atomic E-state index is 4.53. The number of hydrogen-bond acceptors (Lipinski definition) is 1. The van der Waals surface area contributed by atoms with Crippen LogP contribution in [0.3, 0.4) is 0 Å². The highest BCUT2D eigenvalue weighted by Crippen LogP contribution is 2.30. The van der Waals surface area contributed by atoms with Gasteiger partial charge in [0.1, 0.15) is 6.33 Å². The van der Waals surface area contributed by atoms with Crippen LogP contribution in [-0.2, 0) is 0 Å². The molecular formula is C20H15BrN2. The summed E-state index contributed by atoms with van der Waals surface area (Å²) in [5, 5.41) is 0. The number of imidazole rings is 1. The van der Waals surface area contributed by atoms with Gasteiger partial charge in [0.05, 0.1) is 11.0 Å². The zero-order valence-electron chi connectivity index (χ0n) is 12.7. The minimum atomic E-state index is 1.00. The first-order chi connectivity index (χ1) is 11.2. The normalized spacial score (nSPS) is 11.0. The van der Waals surface area contributed by atoms with Gasteiger partial charge in [0.15, 0.2) is 0 Å². The standard InChI is InChI=1S/C20H15BrN2/c1-14-6-9-16(10-7-14)23-13-22-19-11-8-15(12-20(19)23)17-4-2-3-5-18(17)21/h2-13H,1H3. The SMILES string of the molecule is Cc1ccc(-n2cnc3ccc(-c4ccccc4Br)cc32)cc1. The van der Waals surface area contributed by atoms with E-state index in [0.717, 1.165) is 21.2 Å². The summed E-state index contributed by atoms with van der Waals surface area (Å²) in [5.41, 5.74) is 6.86. The quantitative estimate of drug-likeness (QED) is 0.443. The molecule has 0 aliphatic heterocycles. The fourth-order valence-electron chi connectivity index (χ4n) is 2.78. The van der Waals surface area contributed by atoms with E-state index in [-0.39, 0.29) is 0 Å². The Bertz CT molecular complexity index is 984. The fourth-order valence-corrected chi connectivity index (χ4v) is 3.30. The van der Waals surface area contributed by atoms with E-state index >= 15 is 0 Å². The summed E-state index contributed by atoms with van der Waals surface area (Å²) >= 11 is 3.64. The number of fused-ring (bicyclic) bond motifs is 1. The lowest BCUT2D eigenvalue weighted by Crippen LogP contribution is -1.92. The third-order valence-electron chi connectivity index (χ3n) is 4.04. The van der Waals surface area contributed by atoms with Crippen molar-refractivity contribution in [3.63, 3.8) is 0 Å². The molecular weight excluding hydrogens is 348 g/mol. The van der Waals surface area contributed by atoms with Crippen LogP contribution in [0, 0.1) is 6.92 Å². The van der Waals surface area contributed by atoms with Crippen molar-refractivity contribution in [2.45, 2.75) is 6.92 Å². The summed E-state index contributed by atoms with van der Waals surface area (Å²) in [7, 11) is 0. The molecule has 1 aromatic heterocycles. The molecule has 3 heteroatoms. The highest BCUT2D eigenvalue weighted by molar-refractivity contribution is 9.10. The molecule has 4 aromatic rings. The number of rotatable bonds is 2. The Balaban J connectivity index is 1.90. The monoisotopic (exact) mass is 362 g/mol. The second-order valence-corrected chi connectivity index (χ2v) is 6.49. The van der Waals surface area contributed by atoms with Gasteiger partial charge in [-0.2, -0.15) is 0 Å². The van der Waals surface area contributed by atoms with Crippen molar-refractivity contribution in [1.82, 2.24) is 9.55 Å². The second-order valence-electron chi connectivity index (χ2n) is 5.63. The van der Waals surface area contributed by atoms with E-state index in [2.05, 4.69) is 93.1 Å². The highest BCUT2D eigenvalue weighted by Gasteiger charge is 2.08. The zero-order chi connectivity index (χ0) is 15.8. The third kappa shape index (κ3) is 2.57. The predicted octanol–water partition coefficient (Wildman–Crippen LogP) is 5.76. The molecule has 0 unspecified atom stereocenters. The molecule has 0 fully saturated rings. The van der Waals surface area contributed by atoms with Crippen molar-refractivity contribution in [2.24, 2.45) is 0 Å². The molecule has 3 aromatic carbocycles. The smallest absolute Gasteiger partial charge is 0.100 e. The Morgan fingerprint density at radius 3 is 2.48 bits per heavy atom. The molecule has 0 saturated heterocycles. The van der Waals surface area contributed by atoms with Crippen LogP contribution in [0.1, 0.15) is 5.56 Å². The predicted molar refractivity (Wildman–Crippen MR) is 98.9 cm³/mol. The van der Waals surface area contributed by atoms with Gasteiger partial charge in [0.2, 0.25) is 0 Å². The van der Waals surface area contributed by atoms with Crippen molar-refractivity contribution < 1.29 is 0 Å². The summed E-state index contributed by atoms with van der Waals surface area (Å²) < 4.78 is 3.23. The van der Waals surface area contributed by atoms with E-state index in [1.54, 1.807) is 0 Å². The maximum atomic E-state index is 4.53. The first-order valence-electron chi connectivity index (χ1n) is 7.51. The molecule has 0 spiro atoms. The van der Waals surface area contributed by atoms with Gasteiger partial charge >= 0.3 is 0 Å². The Kier molecular flexibility index (Phi) is 3.50. The van der Waals surface area contributed by atoms with Crippen LogP contribution in [0.2, 0.25) is 0 Å². The van der Waals surface area contributed by atoms with E-state index in [9.17, 15) is 0 Å². The van der Waals surface area contributed by atoms with Crippen LogP contribution in [0.15, 0.2) is 77.5 Å². The fraction of sp³-hybridized carbons (Fsp3) is 0.0500. The Labute approximate surface area is 143 Å². The van der Waals surface area contributed by atoms with Crippen molar-refractivity contribution in [2.75, 3.05) is 0 Å². The average molecular weight is 363 g/mol. The molecule has 0 aliphatic carbocycles. The lowest BCUT2D eigenvalue weighted by molar-refractivity contribution is 1.09. The molecule has 0 N–H and O–H groups in total. The molecule has 1 heterocycles. The van der Waals surface area contributed by atoms with Crippen molar-refractivity contribution in [3.8, 4) is 16.8 Å². The van der Waals surface area contributed by atoms with Crippen molar-refractivity contribution in [1.29, 1.82) is 0 Å². The Hall–Kier alpha value is -2.39. The molecule has 112 valence electrons. The Morgan fingerprint density at radius 2 is 1.70 bits per heavy atom. The van der Waals surface area contributed by atoms with Gasteiger partial charge in [-0.25, -0.2) is 4.98 Å². The lowest BCUT2D eigenvalue weighted by atomic mass is 10.1. The minimum absolute atomic E-state index is 1.00. The Morgan fingerprint density at radius 1 is 0.913 bits per heavy atom. The first kappa shape index (κ1) is 14.2. The second kappa shape index (κ2) is 5.67. The average Bonchev–Trinajstić information content (AvgIpc) is 2.99. The van der Waals surface area contributed by atoms with E-state index in [0.29, 0.717) is 0 Å². The van der Waals surface area contributed by atoms with Crippen molar-refractivity contribution in [3.05, 3.63) is 83.1 Å². The van der Waals surface area contributed by atoms with Gasteiger partial charge < -0.3 is 0 Å². The van der Waals surface area contributed by atoms with E-state index in [4.69, 9.17) is 0 Å². The molecule has 0 bridgehead atoms. The number of halogens is 1. The highest BCUT2D eigenvalue weighted by atomic mass is 79.9. The minimum Gasteiger partial charge on any atom is -0.299 e. The molecule has 0 radical (unpaired) electrons. The largest absolute Gasteiger partial charge is 0.299 e. The van der Waals surface area contributed by atoms with E-state index in [1.165, 1.54) is 16.7 Å².